The number of thiophene rings is 1. The quantitative estimate of drug-likeness (QED) is 0.707. The number of rotatable bonds is 5. The summed E-state index contributed by atoms with van der Waals surface area (Å²) in [6.07, 6.45) is 4.55. The number of amides is 2. The van der Waals surface area contributed by atoms with Gasteiger partial charge in [-0.1, -0.05) is 12.2 Å². The molecule has 1 aliphatic carbocycles. The summed E-state index contributed by atoms with van der Waals surface area (Å²) in [4.78, 5) is 23.6. The van der Waals surface area contributed by atoms with Crippen LogP contribution in [0.1, 0.15) is 11.3 Å². The Morgan fingerprint density at radius 1 is 1.40 bits per heavy atom. The van der Waals surface area contributed by atoms with E-state index >= 15 is 0 Å². The first-order valence-corrected chi connectivity index (χ1v) is 7.85. The monoisotopic (exact) mass is 358 g/mol. The van der Waals surface area contributed by atoms with Crippen molar-refractivity contribution >= 4 is 39.3 Å². The zero-order valence-corrected chi connectivity index (χ0v) is 13.0. The van der Waals surface area contributed by atoms with Gasteiger partial charge in [-0.3, -0.25) is 4.79 Å². The summed E-state index contributed by atoms with van der Waals surface area (Å²) >= 11 is 5.04. The van der Waals surface area contributed by atoms with Crippen molar-refractivity contribution in [3.8, 4) is 0 Å². The number of aliphatic carboxylic acids is 1. The number of nitrogens with one attached hydrogen (secondary N) is 2. The topological polar surface area (TPSA) is 78.4 Å². The number of urea groups is 1. The molecule has 0 spiro atoms. The van der Waals surface area contributed by atoms with Crippen molar-refractivity contribution in [2.75, 3.05) is 6.54 Å². The van der Waals surface area contributed by atoms with Gasteiger partial charge in [-0.2, -0.15) is 0 Å². The van der Waals surface area contributed by atoms with Crippen LogP contribution in [0.4, 0.5) is 4.79 Å². The smallest absolute Gasteiger partial charge is 0.315 e. The second-order valence-electron chi connectivity index (χ2n) is 4.53. The summed E-state index contributed by atoms with van der Waals surface area (Å²) in [7, 11) is 0. The van der Waals surface area contributed by atoms with E-state index in [0.29, 0.717) is 13.0 Å². The summed E-state index contributed by atoms with van der Waals surface area (Å²) in [5.41, 5.74) is 0. The minimum atomic E-state index is -0.853. The standard InChI is InChI=1S/C13H15BrN2O3S/c14-11-4-3-10(20-11)5-6-15-13(19)16-9-2-1-8(7-9)12(17)18/h1-4,8-9H,5-7H2,(H,17,18)(H2,15,16,19). The van der Waals surface area contributed by atoms with Gasteiger partial charge in [0.05, 0.1) is 15.7 Å². The predicted molar refractivity (Wildman–Crippen MR) is 80.9 cm³/mol. The largest absolute Gasteiger partial charge is 0.481 e. The number of halogens is 1. The summed E-state index contributed by atoms with van der Waals surface area (Å²) < 4.78 is 1.08. The Morgan fingerprint density at radius 2 is 2.20 bits per heavy atom. The van der Waals surface area contributed by atoms with Crippen molar-refractivity contribution in [2.45, 2.75) is 18.9 Å². The highest BCUT2D eigenvalue weighted by Crippen LogP contribution is 2.22. The maximum absolute atomic E-state index is 11.7. The molecule has 2 unspecified atom stereocenters. The fraction of sp³-hybridized carbons (Fsp3) is 0.385. The third-order valence-electron chi connectivity index (χ3n) is 3.00. The van der Waals surface area contributed by atoms with Crippen LogP contribution in [0.15, 0.2) is 28.1 Å². The van der Waals surface area contributed by atoms with Crippen molar-refractivity contribution in [1.29, 1.82) is 0 Å². The zero-order valence-electron chi connectivity index (χ0n) is 10.6. The van der Waals surface area contributed by atoms with Gasteiger partial charge in [-0.15, -0.1) is 11.3 Å². The SMILES string of the molecule is O=C(NCCc1ccc(Br)s1)NC1C=CC(C(=O)O)C1. The van der Waals surface area contributed by atoms with Gasteiger partial charge in [-0.25, -0.2) is 4.79 Å². The van der Waals surface area contributed by atoms with E-state index in [-0.39, 0.29) is 12.1 Å². The van der Waals surface area contributed by atoms with Crippen LogP contribution in [-0.2, 0) is 11.2 Å². The van der Waals surface area contributed by atoms with E-state index < -0.39 is 11.9 Å². The van der Waals surface area contributed by atoms with Gasteiger partial charge in [0.2, 0.25) is 0 Å². The van der Waals surface area contributed by atoms with Crippen LogP contribution in [0, 0.1) is 5.92 Å². The first-order chi connectivity index (χ1) is 9.54. The number of hydrogen-bond acceptors (Lipinski definition) is 3. The lowest BCUT2D eigenvalue weighted by atomic mass is 10.1. The molecule has 0 saturated heterocycles. The Hall–Kier alpha value is -1.34. The fourth-order valence-corrected chi connectivity index (χ4v) is 3.48. The maximum Gasteiger partial charge on any atom is 0.315 e. The van der Waals surface area contributed by atoms with Gasteiger partial charge < -0.3 is 15.7 Å². The molecule has 3 N–H and O–H groups in total. The number of carbonyl (C=O) groups excluding carboxylic acids is 1. The van der Waals surface area contributed by atoms with Crippen LogP contribution in [0.5, 0.6) is 0 Å². The van der Waals surface area contributed by atoms with Gasteiger partial charge in [0.25, 0.3) is 0 Å². The Kier molecular flexibility index (Phi) is 5.19. The van der Waals surface area contributed by atoms with Crippen LogP contribution in [0.3, 0.4) is 0 Å². The molecular formula is C13H15BrN2O3S. The second-order valence-corrected chi connectivity index (χ2v) is 7.08. The van der Waals surface area contributed by atoms with Crippen molar-refractivity contribution in [1.82, 2.24) is 10.6 Å². The molecule has 0 bridgehead atoms. The third-order valence-corrected chi connectivity index (χ3v) is 4.69. The molecule has 0 saturated carbocycles. The highest BCUT2D eigenvalue weighted by atomic mass is 79.9. The van der Waals surface area contributed by atoms with Crippen molar-refractivity contribution in [3.63, 3.8) is 0 Å². The summed E-state index contributed by atoms with van der Waals surface area (Å²) in [5.74, 6) is -1.35. The minimum Gasteiger partial charge on any atom is -0.481 e. The molecule has 1 heterocycles. The lowest BCUT2D eigenvalue weighted by Crippen LogP contribution is -2.41. The van der Waals surface area contributed by atoms with E-state index in [4.69, 9.17) is 5.11 Å². The molecule has 5 nitrogen and oxygen atoms in total. The Bertz CT molecular complexity index is 529. The van der Waals surface area contributed by atoms with Crippen LogP contribution >= 0.6 is 27.3 Å². The highest BCUT2D eigenvalue weighted by molar-refractivity contribution is 9.11. The van der Waals surface area contributed by atoms with Crippen LogP contribution in [-0.4, -0.2) is 29.7 Å². The van der Waals surface area contributed by atoms with Crippen LogP contribution in [0.2, 0.25) is 0 Å². The first-order valence-electron chi connectivity index (χ1n) is 6.24. The van der Waals surface area contributed by atoms with Crippen molar-refractivity contribution in [2.24, 2.45) is 5.92 Å². The number of carboxylic acids is 1. The van der Waals surface area contributed by atoms with Crippen molar-refractivity contribution < 1.29 is 14.7 Å². The average Bonchev–Trinajstić information content (AvgIpc) is 2.99. The minimum absolute atomic E-state index is 0.202. The number of carboxylic acid groups (broad SMARTS) is 1. The maximum atomic E-state index is 11.7. The fourth-order valence-electron chi connectivity index (χ4n) is 1.99. The molecule has 0 aromatic carbocycles. The normalized spacial score (nSPS) is 20.9. The molecule has 108 valence electrons. The molecule has 0 radical (unpaired) electrons. The molecule has 2 rings (SSSR count). The average molecular weight is 359 g/mol. The highest BCUT2D eigenvalue weighted by Gasteiger charge is 2.25. The first kappa shape index (κ1) is 15.1. The summed E-state index contributed by atoms with van der Waals surface area (Å²) in [5, 5.41) is 14.4. The van der Waals surface area contributed by atoms with E-state index in [1.807, 2.05) is 12.1 Å². The van der Waals surface area contributed by atoms with Crippen LogP contribution < -0.4 is 10.6 Å². The molecule has 7 heteroatoms. The van der Waals surface area contributed by atoms with Gasteiger partial charge >= 0.3 is 12.0 Å². The second kappa shape index (κ2) is 6.90. The Balaban J connectivity index is 1.66. The van der Waals surface area contributed by atoms with E-state index in [1.165, 1.54) is 4.88 Å². The molecule has 0 fully saturated rings. The molecule has 0 aliphatic heterocycles. The molecule has 1 aliphatic rings. The predicted octanol–water partition coefficient (Wildman–Crippen LogP) is 2.38. The lowest BCUT2D eigenvalue weighted by Gasteiger charge is -2.12. The molecule has 1 aromatic rings. The zero-order chi connectivity index (χ0) is 14.5. The van der Waals surface area contributed by atoms with E-state index in [0.717, 1.165) is 10.2 Å². The molecule has 2 amide bonds. The van der Waals surface area contributed by atoms with Gasteiger partial charge in [0.1, 0.15) is 0 Å². The van der Waals surface area contributed by atoms with E-state index in [2.05, 4.69) is 26.6 Å². The molecule has 1 aromatic heterocycles. The molecule has 2 atom stereocenters. The van der Waals surface area contributed by atoms with Crippen molar-refractivity contribution in [3.05, 3.63) is 32.9 Å². The Morgan fingerprint density at radius 3 is 2.80 bits per heavy atom. The third kappa shape index (κ3) is 4.35. The summed E-state index contributed by atoms with van der Waals surface area (Å²) in [6, 6.07) is 3.54. The Labute approximate surface area is 129 Å². The molecule has 20 heavy (non-hydrogen) atoms. The van der Waals surface area contributed by atoms with Gasteiger partial charge in [0, 0.05) is 11.4 Å². The molecular weight excluding hydrogens is 344 g/mol. The van der Waals surface area contributed by atoms with Gasteiger partial charge in [0.15, 0.2) is 0 Å². The van der Waals surface area contributed by atoms with Crippen LogP contribution in [0.25, 0.3) is 0 Å². The van der Waals surface area contributed by atoms with Gasteiger partial charge in [-0.05, 0) is 40.9 Å². The number of carbonyl (C=O) groups is 2. The summed E-state index contributed by atoms with van der Waals surface area (Å²) in [6.45, 7) is 0.553. The number of hydrogen-bond donors (Lipinski definition) is 3. The van der Waals surface area contributed by atoms with E-state index in [1.54, 1.807) is 23.5 Å². The lowest BCUT2D eigenvalue weighted by molar-refractivity contribution is -0.140. The van der Waals surface area contributed by atoms with E-state index in [9.17, 15) is 9.59 Å².